The van der Waals surface area contributed by atoms with E-state index in [1.54, 1.807) is 0 Å². The molecule has 1 rings (SSSR count). The van der Waals surface area contributed by atoms with Gasteiger partial charge in [-0.1, -0.05) is 6.58 Å². The molecule has 3 heteroatoms. The van der Waals surface area contributed by atoms with Crippen molar-refractivity contribution < 1.29 is 9.53 Å². The molecule has 0 spiro atoms. The van der Waals surface area contributed by atoms with E-state index in [1.807, 2.05) is 32.6 Å². The third-order valence-electron chi connectivity index (χ3n) is 2.59. The quantitative estimate of drug-likeness (QED) is 0.714. The topological polar surface area (TPSA) is 29.5 Å². The normalized spacial score (nSPS) is 20.1. The van der Waals surface area contributed by atoms with Crippen molar-refractivity contribution in [2.45, 2.75) is 58.7 Å². The molecule has 86 valence electrons. The van der Waals surface area contributed by atoms with Crippen LogP contribution in [0.1, 0.15) is 40.5 Å². The van der Waals surface area contributed by atoms with Crippen LogP contribution in [0.25, 0.3) is 0 Å². The molecule has 1 heterocycles. The van der Waals surface area contributed by atoms with Gasteiger partial charge < -0.3 is 9.64 Å². The van der Waals surface area contributed by atoms with Crippen LogP contribution in [0, 0.1) is 0 Å². The Morgan fingerprint density at radius 2 is 1.93 bits per heavy atom. The van der Waals surface area contributed by atoms with Crippen molar-refractivity contribution in [2.75, 3.05) is 0 Å². The van der Waals surface area contributed by atoms with Crippen LogP contribution >= 0.6 is 0 Å². The molecule has 0 saturated carbocycles. The molecule has 0 aliphatic carbocycles. The highest BCUT2D eigenvalue weighted by Gasteiger charge is 2.29. The lowest BCUT2D eigenvalue weighted by molar-refractivity contribution is -0.139. The van der Waals surface area contributed by atoms with Gasteiger partial charge in [0.2, 0.25) is 5.91 Å². The van der Waals surface area contributed by atoms with E-state index in [0.29, 0.717) is 6.42 Å². The van der Waals surface area contributed by atoms with Crippen LogP contribution in [0.2, 0.25) is 0 Å². The Balaban J connectivity index is 2.46. The highest BCUT2D eigenvalue weighted by molar-refractivity contribution is 5.77. The van der Waals surface area contributed by atoms with Gasteiger partial charge in [0.05, 0.1) is 12.2 Å². The van der Waals surface area contributed by atoms with Gasteiger partial charge in [0.15, 0.2) is 0 Å². The maximum absolute atomic E-state index is 12.0. The van der Waals surface area contributed by atoms with Crippen molar-refractivity contribution in [2.24, 2.45) is 0 Å². The maximum atomic E-state index is 12.0. The highest BCUT2D eigenvalue weighted by Crippen LogP contribution is 2.26. The second-order valence-electron chi connectivity index (χ2n) is 4.68. The first-order chi connectivity index (χ1) is 6.91. The van der Waals surface area contributed by atoms with Crippen LogP contribution in [0.5, 0.6) is 0 Å². The van der Waals surface area contributed by atoms with Crippen molar-refractivity contribution in [1.82, 2.24) is 4.90 Å². The second-order valence-corrected chi connectivity index (χ2v) is 4.68. The van der Waals surface area contributed by atoms with Crippen molar-refractivity contribution in [1.29, 1.82) is 0 Å². The number of carbonyl (C=O) groups excluding carboxylic acids is 1. The summed E-state index contributed by atoms with van der Waals surface area (Å²) >= 11 is 0. The zero-order valence-corrected chi connectivity index (χ0v) is 10.1. The van der Waals surface area contributed by atoms with Gasteiger partial charge in [0, 0.05) is 18.5 Å². The minimum atomic E-state index is 0.0602. The smallest absolute Gasteiger partial charge is 0.226 e. The van der Waals surface area contributed by atoms with Gasteiger partial charge in [-0.15, -0.1) is 0 Å². The predicted octanol–water partition coefficient (Wildman–Crippen LogP) is 2.32. The molecule has 0 N–H and O–H groups in total. The minimum Gasteiger partial charge on any atom is -0.494 e. The first kappa shape index (κ1) is 12.1. The molecule has 0 bridgehead atoms. The standard InChI is InChI=1S/C12H21NO2/c1-8(2)13(9(3)4)12(14)7-11-6-10(5)15-11/h8-9,11H,5-7H2,1-4H3. The molecule has 1 atom stereocenters. The summed E-state index contributed by atoms with van der Waals surface area (Å²) in [5, 5.41) is 0. The number of hydrogen-bond donors (Lipinski definition) is 0. The second kappa shape index (κ2) is 4.69. The zero-order chi connectivity index (χ0) is 11.6. The number of amides is 1. The Hall–Kier alpha value is -0.990. The first-order valence-corrected chi connectivity index (χ1v) is 5.57. The van der Waals surface area contributed by atoms with E-state index in [4.69, 9.17) is 4.74 Å². The summed E-state index contributed by atoms with van der Waals surface area (Å²) in [5.41, 5.74) is 0. The third-order valence-corrected chi connectivity index (χ3v) is 2.59. The fraction of sp³-hybridized carbons (Fsp3) is 0.750. The molecule has 15 heavy (non-hydrogen) atoms. The van der Waals surface area contributed by atoms with E-state index in [1.165, 1.54) is 0 Å². The Labute approximate surface area is 92.1 Å². The van der Waals surface area contributed by atoms with Gasteiger partial charge in [-0.25, -0.2) is 0 Å². The Morgan fingerprint density at radius 3 is 2.27 bits per heavy atom. The molecule has 0 radical (unpaired) electrons. The lowest BCUT2D eigenvalue weighted by atomic mass is 10.1. The number of hydrogen-bond acceptors (Lipinski definition) is 2. The van der Waals surface area contributed by atoms with E-state index >= 15 is 0 Å². The first-order valence-electron chi connectivity index (χ1n) is 5.57. The molecule has 1 aliphatic heterocycles. The summed E-state index contributed by atoms with van der Waals surface area (Å²) in [6, 6.07) is 0.501. The molecule has 1 fully saturated rings. The van der Waals surface area contributed by atoms with Crippen LogP contribution in [0.4, 0.5) is 0 Å². The monoisotopic (exact) mass is 211 g/mol. The van der Waals surface area contributed by atoms with Gasteiger partial charge >= 0.3 is 0 Å². The fourth-order valence-corrected chi connectivity index (χ4v) is 2.07. The Bertz CT molecular complexity index is 242. The Morgan fingerprint density at radius 1 is 1.47 bits per heavy atom. The van der Waals surface area contributed by atoms with Crippen LogP contribution in [-0.2, 0) is 9.53 Å². The van der Waals surface area contributed by atoms with E-state index in [0.717, 1.165) is 12.2 Å². The minimum absolute atomic E-state index is 0.0602. The van der Waals surface area contributed by atoms with Crippen LogP contribution < -0.4 is 0 Å². The molecular formula is C12H21NO2. The third kappa shape index (κ3) is 2.98. The summed E-state index contributed by atoms with van der Waals surface area (Å²) in [4.78, 5) is 13.9. The lowest BCUT2D eigenvalue weighted by Crippen LogP contribution is -2.44. The highest BCUT2D eigenvalue weighted by atomic mass is 16.5. The molecule has 1 aliphatic rings. The number of nitrogens with zero attached hydrogens (tertiary/aromatic N) is 1. The summed E-state index contributed by atoms with van der Waals surface area (Å²) in [6.07, 6.45) is 1.37. The summed E-state index contributed by atoms with van der Waals surface area (Å²) in [7, 11) is 0. The predicted molar refractivity (Wildman–Crippen MR) is 60.4 cm³/mol. The van der Waals surface area contributed by atoms with Crippen molar-refractivity contribution in [3.05, 3.63) is 12.3 Å². The van der Waals surface area contributed by atoms with Gasteiger partial charge in [0.25, 0.3) is 0 Å². The zero-order valence-electron chi connectivity index (χ0n) is 10.1. The Kier molecular flexibility index (Phi) is 3.77. The van der Waals surface area contributed by atoms with Crippen LogP contribution in [-0.4, -0.2) is 29.0 Å². The number of carbonyl (C=O) groups is 1. The largest absolute Gasteiger partial charge is 0.494 e. The molecule has 3 nitrogen and oxygen atoms in total. The fourth-order valence-electron chi connectivity index (χ4n) is 2.07. The molecule has 0 aromatic carbocycles. The summed E-state index contributed by atoms with van der Waals surface area (Å²) in [5.74, 6) is 0.978. The molecule has 1 saturated heterocycles. The summed E-state index contributed by atoms with van der Waals surface area (Å²) in [6.45, 7) is 11.8. The molecular weight excluding hydrogens is 190 g/mol. The van der Waals surface area contributed by atoms with E-state index in [9.17, 15) is 4.79 Å². The molecule has 1 unspecified atom stereocenters. The van der Waals surface area contributed by atoms with Crippen molar-refractivity contribution in [3.63, 3.8) is 0 Å². The van der Waals surface area contributed by atoms with E-state index in [-0.39, 0.29) is 24.1 Å². The molecule has 1 amide bonds. The van der Waals surface area contributed by atoms with E-state index < -0.39 is 0 Å². The van der Waals surface area contributed by atoms with Gasteiger partial charge in [0.1, 0.15) is 6.10 Å². The SMILES string of the molecule is C=C1CC(CC(=O)N(C(C)C)C(C)C)O1. The van der Waals surface area contributed by atoms with Crippen LogP contribution in [0.3, 0.4) is 0 Å². The lowest BCUT2D eigenvalue weighted by Gasteiger charge is -2.35. The van der Waals surface area contributed by atoms with Gasteiger partial charge in [-0.3, -0.25) is 4.79 Å². The maximum Gasteiger partial charge on any atom is 0.226 e. The average molecular weight is 211 g/mol. The van der Waals surface area contributed by atoms with E-state index in [2.05, 4.69) is 6.58 Å². The van der Waals surface area contributed by atoms with Gasteiger partial charge in [-0.05, 0) is 27.7 Å². The number of rotatable bonds is 4. The van der Waals surface area contributed by atoms with Crippen molar-refractivity contribution in [3.8, 4) is 0 Å². The molecule has 0 aromatic rings. The van der Waals surface area contributed by atoms with Crippen molar-refractivity contribution >= 4 is 5.91 Å². The summed E-state index contributed by atoms with van der Waals surface area (Å²) < 4.78 is 5.28. The van der Waals surface area contributed by atoms with Gasteiger partial charge in [-0.2, -0.15) is 0 Å². The average Bonchev–Trinajstić information content (AvgIpc) is 1.99. The number of ether oxygens (including phenoxy) is 1. The molecule has 0 aromatic heterocycles. The van der Waals surface area contributed by atoms with Crippen LogP contribution in [0.15, 0.2) is 12.3 Å².